The van der Waals surface area contributed by atoms with Gasteiger partial charge in [0.1, 0.15) is 12.4 Å². The number of hydrogen-bond acceptors (Lipinski definition) is 2. The smallest absolute Gasteiger partial charge is 0.246 e. The van der Waals surface area contributed by atoms with Crippen LogP contribution >= 0.6 is 0 Å². The number of benzene rings is 1. The van der Waals surface area contributed by atoms with Crippen LogP contribution in [0.25, 0.3) is 0 Å². The highest BCUT2D eigenvalue weighted by molar-refractivity contribution is 5.93. The summed E-state index contributed by atoms with van der Waals surface area (Å²) >= 11 is 0. The molecular formula is C15H21FN4O. The maximum atomic E-state index is 13.0. The van der Waals surface area contributed by atoms with Gasteiger partial charge >= 0.3 is 0 Å². The number of rotatable bonds is 3. The Morgan fingerprint density at radius 3 is 2.86 bits per heavy atom. The lowest BCUT2D eigenvalue weighted by molar-refractivity contribution is -0.114. The van der Waals surface area contributed by atoms with Crippen LogP contribution in [0.2, 0.25) is 0 Å². The Hall–Kier alpha value is -2.11. The van der Waals surface area contributed by atoms with E-state index in [0.717, 1.165) is 25.9 Å². The van der Waals surface area contributed by atoms with Gasteiger partial charge in [0, 0.05) is 18.8 Å². The van der Waals surface area contributed by atoms with E-state index in [1.54, 1.807) is 6.07 Å². The van der Waals surface area contributed by atoms with Gasteiger partial charge < -0.3 is 16.0 Å². The van der Waals surface area contributed by atoms with E-state index in [1.807, 2.05) is 4.90 Å². The van der Waals surface area contributed by atoms with Gasteiger partial charge in [-0.3, -0.25) is 4.79 Å². The largest absolute Gasteiger partial charge is 0.370 e. The van der Waals surface area contributed by atoms with Gasteiger partial charge in [-0.15, -0.1) is 0 Å². The van der Waals surface area contributed by atoms with E-state index in [1.165, 1.54) is 18.2 Å². The maximum absolute atomic E-state index is 13.0. The first-order valence-corrected chi connectivity index (χ1v) is 7.15. The average Bonchev–Trinajstić information content (AvgIpc) is 2.45. The van der Waals surface area contributed by atoms with E-state index in [0.29, 0.717) is 17.6 Å². The van der Waals surface area contributed by atoms with Crippen LogP contribution in [0.3, 0.4) is 0 Å². The summed E-state index contributed by atoms with van der Waals surface area (Å²) in [6.45, 7) is 3.91. The van der Waals surface area contributed by atoms with E-state index >= 15 is 0 Å². The predicted molar refractivity (Wildman–Crippen MR) is 81.5 cm³/mol. The van der Waals surface area contributed by atoms with Crippen LogP contribution in [-0.4, -0.2) is 36.4 Å². The minimum absolute atomic E-state index is 0.0611. The quantitative estimate of drug-likeness (QED) is 0.659. The summed E-state index contributed by atoms with van der Waals surface area (Å²) in [5.41, 5.74) is 6.31. The molecule has 1 aromatic carbocycles. The summed E-state index contributed by atoms with van der Waals surface area (Å²) < 4.78 is 13.0. The van der Waals surface area contributed by atoms with Gasteiger partial charge in [-0.2, -0.15) is 0 Å². The number of guanidine groups is 1. The van der Waals surface area contributed by atoms with Crippen LogP contribution in [0, 0.1) is 11.7 Å². The van der Waals surface area contributed by atoms with Crippen LogP contribution in [-0.2, 0) is 4.79 Å². The van der Waals surface area contributed by atoms with Crippen LogP contribution < -0.4 is 11.1 Å². The topological polar surface area (TPSA) is 70.7 Å². The molecule has 2 rings (SSSR count). The number of piperidine rings is 1. The normalized spacial score (nSPS) is 16.9. The van der Waals surface area contributed by atoms with Gasteiger partial charge in [-0.25, -0.2) is 9.38 Å². The van der Waals surface area contributed by atoms with Crippen molar-refractivity contribution in [3.63, 3.8) is 0 Å². The highest BCUT2D eigenvalue weighted by Gasteiger charge is 2.17. The number of anilines is 1. The summed E-state index contributed by atoms with van der Waals surface area (Å²) in [5.74, 6) is 0.411. The van der Waals surface area contributed by atoms with E-state index in [4.69, 9.17) is 5.73 Å². The first-order chi connectivity index (χ1) is 10.0. The van der Waals surface area contributed by atoms with Crippen molar-refractivity contribution in [2.75, 3.05) is 25.0 Å². The molecule has 1 aromatic rings. The average molecular weight is 292 g/mol. The fourth-order valence-electron chi connectivity index (χ4n) is 2.26. The summed E-state index contributed by atoms with van der Waals surface area (Å²) in [6, 6.07) is 5.75. The van der Waals surface area contributed by atoms with Crippen molar-refractivity contribution < 1.29 is 9.18 Å². The van der Waals surface area contributed by atoms with E-state index < -0.39 is 5.82 Å². The molecule has 6 heteroatoms. The monoisotopic (exact) mass is 292 g/mol. The minimum atomic E-state index is -0.391. The zero-order valence-corrected chi connectivity index (χ0v) is 12.2. The van der Waals surface area contributed by atoms with Crippen molar-refractivity contribution in [1.82, 2.24) is 4.90 Å². The number of amides is 1. The third kappa shape index (κ3) is 4.73. The summed E-state index contributed by atoms with van der Waals surface area (Å²) in [5, 5.41) is 2.59. The Bertz CT molecular complexity index is 524. The second kappa shape index (κ2) is 7.06. The molecule has 0 saturated carbocycles. The molecule has 1 heterocycles. The number of nitrogens with two attached hydrogens (primary N) is 1. The Balaban J connectivity index is 1.83. The fraction of sp³-hybridized carbons (Fsp3) is 0.467. The standard InChI is InChI=1S/C15H21FN4O/c1-11-5-7-20(8-6-11)15(17)18-10-14(21)19-13-4-2-3-12(16)9-13/h2-4,9,11H,5-8,10H2,1H3,(H2,17,18)(H,19,21). The molecule has 5 nitrogen and oxygen atoms in total. The zero-order valence-electron chi connectivity index (χ0n) is 12.2. The summed E-state index contributed by atoms with van der Waals surface area (Å²) in [7, 11) is 0. The molecule has 1 aliphatic rings. The third-order valence-corrected chi connectivity index (χ3v) is 3.60. The van der Waals surface area contributed by atoms with Crippen LogP contribution in [0.5, 0.6) is 0 Å². The van der Waals surface area contributed by atoms with E-state index in [2.05, 4.69) is 17.2 Å². The Labute approximate surface area is 124 Å². The van der Waals surface area contributed by atoms with Gasteiger partial charge in [-0.1, -0.05) is 13.0 Å². The molecule has 3 N–H and O–H groups in total. The maximum Gasteiger partial charge on any atom is 0.246 e. The SMILES string of the molecule is CC1CCN(C(N)=NCC(=O)Nc2cccc(F)c2)CC1. The molecule has 0 bridgehead atoms. The van der Waals surface area contributed by atoms with Crippen molar-refractivity contribution in [2.24, 2.45) is 16.6 Å². The summed E-state index contributed by atoms with van der Waals surface area (Å²) in [6.07, 6.45) is 2.18. The second-order valence-electron chi connectivity index (χ2n) is 5.40. The molecule has 0 aliphatic carbocycles. The number of aliphatic imine (C=N–C) groups is 1. The van der Waals surface area contributed by atoms with Gasteiger partial charge in [0.25, 0.3) is 0 Å². The number of nitrogens with zero attached hydrogens (tertiary/aromatic N) is 2. The highest BCUT2D eigenvalue weighted by Crippen LogP contribution is 2.15. The molecule has 114 valence electrons. The first kappa shape index (κ1) is 15.3. The van der Waals surface area contributed by atoms with Crippen molar-refractivity contribution in [3.05, 3.63) is 30.1 Å². The van der Waals surface area contributed by atoms with Gasteiger partial charge in [0.2, 0.25) is 5.91 Å². The molecule has 1 fully saturated rings. The summed E-state index contributed by atoms with van der Waals surface area (Å²) in [4.78, 5) is 17.8. The molecule has 0 aromatic heterocycles. The molecule has 1 aliphatic heterocycles. The zero-order chi connectivity index (χ0) is 15.2. The number of nitrogens with one attached hydrogen (secondary N) is 1. The van der Waals surface area contributed by atoms with Gasteiger partial charge in [0.15, 0.2) is 5.96 Å². The predicted octanol–water partition coefficient (Wildman–Crippen LogP) is 1.81. The molecule has 1 amide bonds. The van der Waals surface area contributed by atoms with Crippen molar-refractivity contribution in [2.45, 2.75) is 19.8 Å². The third-order valence-electron chi connectivity index (χ3n) is 3.60. The lowest BCUT2D eigenvalue weighted by atomic mass is 10.00. The van der Waals surface area contributed by atoms with Gasteiger partial charge in [-0.05, 0) is 37.0 Å². The Morgan fingerprint density at radius 2 is 2.19 bits per heavy atom. The number of carbonyl (C=O) groups is 1. The molecule has 21 heavy (non-hydrogen) atoms. The Morgan fingerprint density at radius 1 is 1.48 bits per heavy atom. The van der Waals surface area contributed by atoms with Crippen LogP contribution in [0.15, 0.2) is 29.3 Å². The lowest BCUT2D eigenvalue weighted by Gasteiger charge is -2.30. The molecule has 0 atom stereocenters. The minimum Gasteiger partial charge on any atom is -0.370 e. The second-order valence-corrected chi connectivity index (χ2v) is 5.40. The number of likely N-dealkylation sites (tertiary alicyclic amines) is 1. The number of carbonyl (C=O) groups excluding carboxylic acids is 1. The fourth-order valence-corrected chi connectivity index (χ4v) is 2.26. The highest BCUT2D eigenvalue weighted by atomic mass is 19.1. The van der Waals surface area contributed by atoms with E-state index in [9.17, 15) is 9.18 Å². The molecule has 1 saturated heterocycles. The van der Waals surface area contributed by atoms with Crippen molar-refractivity contribution in [3.8, 4) is 0 Å². The Kier molecular flexibility index (Phi) is 5.14. The molecular weight excluding hydrogens is 271 g/mol. The lowest BCUT2D eigenvalue weighted by Crippen LogP contribution is -2.42. The molecule has 0 spiro atoms. The van der Waals surface area contributed by atoms with Crippen LogP contribution in [0.1, 0.15) is 19.8 Å². The van der Waals surface area contributed by atoms with Gasteiger partial charge in [0.05, 0.1) is 0 Å². The van der Waals surface area contributed by atoms with E-state index in [-0.39, 0.29) is 12.5 Å². The molecule has 0 radical (unpaired) electrons. The van der Waals surface area contributed by atoms with Crippen molar-refractivity contribution >= 4 is 17.6 Å². The van der Waals surface area contributed by atoms with Crippen molar-refractivity contribution in [1.29, 1.82) is 0 Å². The number of hydrogen-bond donors (Lipinski definition) is 2. The van der Waals surface area contributed by atoms with Crippen LogP contribution in [0.4, 0.5) is 10.1 Å². The first-order valence-electron chi connectivity index (χ1n) is 7.15. The molecule has 0 unspecified atom stereocenters. The number of halogens is 1.